The highest BCUT2D eigenvalue weighted by Gasteiger charge is 2.13. The number of aryl methyl sites for hydroxylation is 1. The molecule has 0 spiro atoms. The maximum Gasteiger partial charge on any atom is 0.163 e. The molecule has 3 aromatic rings. The Bertz CT molecular complexity index is 836. The Hall–Kier alpha value is -2.48. The summed E-state index contributed by atoms with van der Waals surface area (Å²) in [6.45, 7) is 4.09. The topological polar surface area (TPSA) is 30.0 Å². The Balaban J connectivity index is 2.16. The number of carbonyl (C=O) groups excluding carboxylic acids is 1. The van der Waals surface area contributed by atoms with E-state index in [1.165, 1.54) is 0 Å². The summed E-state index contributed by atoms with van der Waals surface area (Å²) in [4.78, 5) is 17.1. The van der Waals surface area contributed by atoms with Crippen LogP contribution in [0.4, 0.5) is 0 Å². The summed E-state index contributed by atoms with van der Waals surface area (Å²) in [5.74, 6) is 0.185. The number of benzene rings is 2. The lowest BCUT2D eigenvalue weighted by Crippen LogP contribution is -2.01. The smallest absolute Gasteiger partial charge is 0.163 e. The quantitative estimate of drug-likeness (QED) is 0.618. The van der Waals surface area contributed by atoms with Crippen molar-refractivity contribution in [2.24, 2.45) is 0 Å². The average molecular weight is 289 g/mol. The number of para-hydroxylation sites is 1. The van der Waals surface area contributed by atoms with Gasteiger partial charge in [-0.1, -0.05) is 55.5 Å². The fourth-order valence-corrected chi connectivity index (χ4v) is 2.76. The molecule has 3 rings (SSSR count). The van der Waals surface area contributed by atoms with Crippen molar-refractivity contribution in [3.63, 3.8) is 0 Å². The van der Waals surface area contributed by atoms with Crippen LogP contribution in [0.1, 0.15) is 35.7 Å². The molecule has 2 heteroatoms. The summed E-state index contributed by atoms with van der Waals surface area (Å²) >= 11 is 0. The third-order valence-corrected chi connectivity index (χ3v) is 3.90. The Kier molecular flexibility index (Phi) is 4.01. The molecule has 0 fully saturated rings. The van der Waals surface area contributed by atoms with Crippen molar-refractivity contribution in [3.8, 4) is 11.3 Å². The van der Waals surface area contributed by atoms with Crippen molar-refractivity contribution < 1.29 is 4.79 Å². The zero-order valence-corrected chi connectivity index (χ0v) is 13.0. The zero-order chi connectivity index (χ0) is 15.5. The van der Waals surface area contributed by atoms with Gasteiger partial charge in [0.1, 0.15) is 0 Å². The predicted octanol–water partition coefficient (Wildman–Crippen LogP) is 5.19. The van der Waals surface area contributed by atoms with Gasteiger partial charge in [-0.3, -0.25) is 4.79 Å². The first kappa shape index (κ1) is 14.5. The van der Waals surface area contributed by atoms with Crippen molar-refractivity contribution >= 4 is 16.7 Å². The van der Waals surface area contributed by atoms with Crippen molar-refractivity contribution in [1.29, 1.82) is 0 Å². The number of hydrogen-bond donors (Lipinski definition) is 0. The van der Waals surface area contributed by atoms with Gasteiger partial charge in [-0.05, 0) is 25.0 Å². The molecule has 0 N–H and O–H groups in total. The normalized spacial score (nSPS) is 10.8. The van der Waals surface area contributed by atoms with Gasteiger partial charge in [0.25, 0.3) is 0 Å². The zero-order valence-electron chi connectivity index (χ0n) is 13.0. The van der Waals surface area contributed by atoms with E-state index < -0.39 is 0 Å². The van der Waals surface area contributed by atoms with Crippen LogP contribution >= 0.6 is 0 Å². The first-order valence-corrected chi connectivity index (χ1v) is 7.69. The summed E-state index contributed by atoms with van der Waals surface area (Å²) < 4.78 is 0. The minimum Gasteiger partial charge on any atom is -0.294 e. The summed E-state index contributed by atoms with van der Waals surface area (Å²) in [5.41, 5.74) is 4.70. The molecule has 2 aromatic carbocycles. The molecule has 22 heavy (non-hydrogen) atoms. The molecule has 0 atom stereocenters. The molecule has 0 aliphatic carbocycles. The first-order valence-electron chi connectivity index (χ1n) is 7.69. The highest BCUT2D eigenvalue weighted by molar-refractivity contribution is 6.02. The molecule has 2 nitrogen and oxygen atoms in total. The SMILES string of the molecule is CCCC(=O)c1ccccc1-c1ccc2cccc(C)c2n1. The lowest BCUT2D eigenvalue weighted by molar-refractivity contribution is 0.0982. The van der Waals surface area contributed by atoms with Crippen LogP contribution in [-0.2, 0) is 0 Å². The van der Waals surface area contributed by atoms with Crippen LogP contribution in [0.15, 0.2) is 54.6 Å². The predicted molar refractivity (Wildman–Crippen MR) is 91.2 cm³/mol. The number of ketones is 1. The van der Waals surface area contributed by atoms with Gasteiger partial charge in [-0.25, -0.2) is 4.98 Å². The van der Waals surface area contributed by atoms with Crippen LogP contribution in [0.25, 0.3) is 22.2 Å². The molecule has 0 bridgehead atoms. The molecule has 0 radical (unpaired) electrons. The summed E-state index contributed by atoms with van der Waals surface area (Å²) in [6.07, 6.45) is 1.43. The number of rotatable bonds is 4. The van der Waals surface area contributed by atoms with Crippen LogP contribution in [0.3, 0.4) is 0 Å². The molecule has 0 saturated carbocycles. The second-order valence-electron chi connectivity index (χ2n) is 5.56. The van der Waals surface area contributed by atoms with Crippen LogP contribution in [0.5, 0.6) is 0 Å². The maximum absolute atomic E-state index is 12.3. The van der Waals surface area contributed by atoms with Crippen molar-refractivity contribution in [2.75, 3.05) is 0 Å². The van der Waals surface area contributed by atoms with Gasteiger partial charge in [0.15, 0.2) is 5.78 Å². The molecule has 0 aliphatic rings. The van der Waals surface area contributed by atoms with E-state index >= 15 is 0 Å². The Morgan fingerprint density at radius 1 is 1.00 bits per heavy atom. The van der Waals surface area contributed by atoms with Crippen LogP contribution in [0, 0.1) is 6.92 Å². The Labute approximate surface area is 130 Å². The summed E-state index contributed by atoms with van der Waals surface area (Å²) in [7, 11) is 0. The van der Waals surface area contributed by atoms with Crippen LogP contribution in [-0.4, -0.2) is 10.8 Å². The van der Waals surface area contributed by atoms with E-state index in [0.29, 0.717) is 6.42 Å². The summed E-state index contributed by atoms with van der Waals surface area (Å²) in [5, 5.41) is 1.13. The van der Waals surface area contributed by atoms with Gasteiger partial charge in [0.2, 0.25) is 0 Å². The minimum absolute atomic E-state index is 0.185. The largest absolute Gasteiger partial charge is 0.294 e. The van der Waals surface area contributed by atoms with Gasteiger partial charge < -0.3 is 0 Å². The van der Waals surface area contributed by atoms with Gasteiger partial charge in [0.05, 0.1) is 11.2 Å². The monoisotopic (exact) mass is 289 g/mol. The number of nitrogens with zero attached hydrogens (tertiary/aromatic N) is 1. The third-order valence-electron chi connectivity index (χ3n) is 3.90. The lowest BCUT2D eigenvalue weighted by atomic mass is 9.97. The first-order chi connectivity index (χ1) is 10.7. The van der Waals surface area contributed by atoms with Gasteiger partial charge in [0, 0.05) is 22.9 Å². The molecule has 1 heterocycles. The lowest BCUT2D eigenvalue weighted by Gasteiger charge is -2.09. The van der Waals surface area contributed by atoms with E-state index in [1.54, 1.807) is 0 Å². The van der Waals surface area contributed by atoms with E-state index in [9.17, 15) is 4.79 Å². The van der Waals surface area contributed by atoms with E-state index in [0.717, 1.165) is 39.7 Å². The number of pyridine rings is 1. The minimum atomic E-state index is 0.185. The Morgan fingerprint density at radius 3 is 2.64 bits per heavy atom. The second-order valence-corrected chi connectivity index (χ2v) is 5.56. The number of hydrogen-bond acceptors (Lipinski definition) is 2. The highest BCUT2D eigenvalue weighted by Crippen LogP contribution is 2.26. The molecular weight excluding hydrogens is 270 g/mol. The number of carbonyl (C=O) groups is 1. The molecule has 0 unspecified atom stereocenters. The molecular formula is C20H19NO. The van der Waals surface area contributed by atoms with Crippen LogP contribution < -0.4 is 0 Å². The van der Waals surface area contributed by atoms with Gasteiger partial charge >= 0.3 is 0 Å². The van der Waals surface area contributed by atoms with E-state index in [4.69, 9.17) is 4.98 Å². The molecule has 0 saturated heterocycles. The number of aromatic nitrogens is 1. The standard InChI is InChI=1S/C20H19NO/c1-3-7-19(22)17-11-5-4-10-16(17)18-13-12-15-9-6-8-14(2)20(15)21-18/h4-6,8-13H,3,7H2,1-2H3. The molecule has 0 aliphatic heterocycles. The fraction of sp³-hybridized carbons (Fsp3) is 0.200. The van der Waals surface area contributed by atoms with E-state index in [1.807, 2.05) is 43.3 Å². The van der Waals surface area contributed by atoms with Gasteiger partial charge in [-0.15, -0.1) is 0 Å². The van der Waals surface area contributed by atoms with Crippen molar-refractivity contribution in [2.45, 2.75) is 26.7 Å². The van der Waals surface area contributed by atoms with Gasteiger partial charge in [-0.2, -0.15) is 0 Å². The second kappa shape index (κ2) is 6.10. The molecule has 1 aromatic heterocycles. The number of fused-ring (bicyclic) bond motifs is 1. The number of Topliss-reactive ketones (excluding diaryl/α,β-unsaturated/α-hetero) is 1. The third kappa shape index (κ3) is 2.64. The average Bonchev–Trinajstić information content (AvgIpc) is 2.55. The highest BCUT2D eigenvalue weighted by atomic mass is 16.1. The maximum atomic E-state index is 12.3. The summed E-state index contributed by atoms with van der Waals surface area (Å²) in [6, 6.07) is 18.0. The fourth-order valence-electron chi connectivity index (χ4n) is 2.76. The Morgan fingerprint density at radius 2 is 1.82 bits per heavy atom. The van der Waals surface area contributed by atoms with Crippen molar-refractivity contribution in [1.82, 2.24) is 4.98 Å². The molecule has 110 valence electrons. The molecule has 0 amide bonds. The van der Waals surface area contributed by atoms with E-state index in [-0.39, 0.29) is 5.78 Å². The van der Waals surface area contributed by atoms with Crippen molar-refractivity contribution in [3.05, 3.63) is 65.7 Å². The van der Waals surface area contributed by atoms with E-state index in [2.05, 4.69) is 25.1 Å². The van der Waals surface area contributed by atoms with Crippen LogP contribution in [0.2, 0.25) is 0 Å².